The number of nitrogens with two attached hydrogens (primary N) is 1. The van der Waals surface area contributed by atoms with Gasteiger partial charge in [-0.15, -0.1) is 0 Å². The quantitative estimate of drug-likeness (QED) is 0.549. The van der Waals surface area contributed by atoms with Gasteiger partial charge in [-0.3, -0.25) is 14.9 Å². The van der Waals surface area contributed by atoms with E-state index >= 15 is 0 Å². The molecule has 1 amide bonds. The molecule has 3 N–H and O–H groups in total. The minimum absolute atomic E-state index is 0.153. The van der Waals surface area contributed by atoms with Gasteiger partial charge in [-0.05, 0) is 6.07 Å². The van der Waals surface area contributed by atoms with E-state index in [1.54, 1.807) is 12.1 Å². The third kappa shape index (κ3) is 3.46. The molecule has 2 aromatic carbocycles. The summed E-state index contributed by atoms with van der Waals surface area (Å²) < 4.78 is 0. The van der Waals surface area contributed by atoms with Crippen LogP contribution < -0.4 is 11.1 Å². The molecule has 1 heterocycles. The molecule has 0 radical (unpaired) electrons. The summed E-state index contributed by atoms with van der Waals surface area (Å²) in [5.41, 5.74) is 7.42. The Labute approximate surface area is 143 Å². The molecule has 3 rings (SSSR count). The molecule has 0 unspecified atom stereocenters. The van der Waals surface area contributed by atoms with E-state index in [9.17, 15) is 14.9 Å². The first kappa shape index (κ1) is 16.5. The molecule has 1 aromatic heterocycles. The number of nitro groups is 1. The van der Waals surface area contributed by atoms with Crippen LogP contribution in [-0.2, 0) is 0 Å². The summed E-state index contributed by atoms with van der Waals surface area (Å²) in [7, 11) is 0. The lowest BCUT2D eigenvalue weighted by atomic mass is 10.0. The highest BCUT2D eigenvalue weighted by molar-refractivity contribution is 6.07. The summed E-state index contributed by atoms with van der Waals surface area (Å²) in [6.07, 6.45) is 0. The average Bonchev–Trinajstić information content (AvgIpc) is 2.65. The monoisotopic (exact) mass is 336 g/mol. The number of nitro benzene ring substituents is 1. The van der Waals surface area contributed by atoms with Gasteiger partial charge in [0.15, 0.2) is 0 Å². The lowest BCUT2D eigenvalue weighted by Gasteiger charge is -2.09. The van der Waals surface area contributed by atoms with Crippen molar-refractivity contribution in [3.05, 3.63) is 70.3 Å². The van der Waals surface area contributed by atoms with Gasteiger partial charge in [-0.2, -0.15) is 0 Å². The van der Waals surface area contributed by atoms with E-state index in [4.69, 9.17) is 5.73 Å². The second-order valence-electron chi connectivity index (χ2n) is 5.43. The lowest BCUT2D eigenvalue weighted by Crippen LogP contribution is -2.29. The Bertz CT molecular complexity index is 942. The van der Waals surface area contributed by atoms with E-state index in [1.807, 2.05) is 30.3 Å². The first-order valence-corrected chi connectivity index (χ1v) is 7.73. The number of pyridine rings is 1. The summed E-state index contributed by atoms with van der Waals surface area (Å²) in [6, 6.07) is 15.7. The molecule has 126 valence electrons. The Hall–Kier alpha value is -3.32. The fraction of sp³-hybridized carbons (Fsp3) is 0.111. The summed E-state index contributed by atoms with van der Waals surface area (Å²) in [6.45, 7) is 0.558. The van der Waals surface area contributed by atoms with Gasteiger partial charge in [0.2, 0.25) is 0 Å². The van der Waals surface area contributed by atoms with Crippen LogP contribution in [0.2, 0.25) is 0 Å². The topological polar surface area (TPSA) is 111 Å². The molecule has 7 heteroatoms. The maximum Gasteiger partial charge on any atom is 0.270 e. The lowest BCUT2D eigenvalue weighted by molar-refractivity contribution is -0.384. The van der Waals surface area contributed by atoms with Gasteiger partial charge in [-0.25, -0.2) is 4.98 Å². The number of nitrogens with one attached hydrogen (secondary N) is 1. The number of carbonyl (C=O) groups is 1. The largest absolute Gasteiger partial charge is 0.351 e. The molecule has 0 saturated heterocycles. The van der Waals surface area contributed by atoms with Crippen molar-refractivity contribution in [2.24, 2.45) is 5.73 Å². The Morgan fingerprint density at radius 1 is 1.16 bits per heavy atom. The van der Waals surface area contributed by atoms with Crippen LogP contribution in [-0.4, -0.2) is 28.9 Å². The fourth-order valence-corrected chi connectivity index (χ4v) is 2.55. The van der Waals surface area contributed by atoms with E-state index in [-0.39, 0.29) is 24.3 Å². The van der Waals surface area contributed by atoms with Gasteiger partial charge in [0.25, 0.3) is 11.6 Å². The molecule has 0 spiro atoms. The first-order chi connectivity index (χ1) is 12.1. The molecular weight excluding hydrogens is 320 g/mol. The van der Waals surface area contributed by atoms with Crippen LogP contribution >= 0.6 is 0 Å². The number of amides is 1. The maximum atomic E-state index is 12.4. The van der Waals surface area contributed by atoms with Crippen LogP contribution in [0.15, 0.2) is 54.6 Å². The van der Waals surface area contributed by atoms with Crippen LogP contribution in [0, 0.1) is 10.1 Å². The van der Waals surface area contributed by atoms with Gasteiger partial charge in [-0.1, -0.05) is 36.4 Å². The Morgan fingerprint density at radius 3 is 2.60 bits per heavy atom. The van der Waals surface area contributed by atoms with Crippen LogP contribution in [0.4, 0.5) is 5.69 Å². The number of aromatic nitrogens is 1. The maximum absolute atomic E-state index is 12.4. The third-order valence-electron chi connectivity index (χ3n) is 3.73. The van der Waals surface area contributed by atoms with Crippen LogP contribution in [0.5, 0.6) is 0 Å². The standard InChI is InChI=1S/C18H16N4O3/c19-8-9-20-18(23)15-11-14(22(24)25)10-13-6-7-16(21-17(13)15)12-4-2-1-3-5-12/h1-7,10-11H,8-9,19H2,(H,20,23). The van der Waals surface area contributed by atoms with Gasteiger partial charge < -0.3 is 11.1 Å². The number of hydrogen-bond acceptors (Lipinski definition) is 5. The van der Waals surface area contributed by atoms with Gasteiger partial charge in [0, 0.05) is 36.2 Å². The van der Waals surface area contributed by atoms with Gasteiger partial charge in [0.1, 0.15) is 0 Å². The molecule has 0 aliphatic carbocycles. The molecule has 0 saturated carbocycles. The number of carbonyl (C=O) groups excluding carboxylic acids is 1. The summed E-state index contributed by atoms with van der Waals surface area (Å²) >= 11 is 0. The summed E-state index contributed by atoms with van der Waals surface area (Å²) in [5.74, 6) is -0.433. The molecule has 3 aromatic rings. The number of hydrogen-bond donors (Lipinski definition) is 2. The van der Waals surface area contributed by atoms with Crippen molar-refractivity contribution in [3.8, 4) is 11.3 Å². The van der Waals surface area contributed by atoms with E-state index < -0.39 is 10.8 Å². The Morgan fingerprint density at radius 2 is 1.92 bits per heavy atom. The second kappa shape index (κ2) is 7.06. The summed E-state index contributed by atoms with van der Waals surface area (Å²) in [4.78, 5) is 27.6. The zero-order valence-corrected chi connectivity index (χ0v) is 13.3. The Balaban J connectivity index is 2.18. The fourth-order valence-electron chi connectivity index (χ4n) is 2.55. The highest BCUT2D eigenvalue weighted by atomic mass is 16.6. The van der Waals surface area contributed by atoms with Gasteiger partial charge >= 0.3 is 0 Å². The molecule has 7 nitrogen and oxygen atoms in total. The molecule has 0 aliphatic heterocycles. The number of non-ortho nitro benzene ring substituents is 1. The molecular formula is C18H16N4O3. The van der Waals surface area contributed by atoms with Crippen molar-refractivity contribution in [2.75, 3.05) is 13.1 Å². The number of fused-ring (bicyclic) bond motifs is 1. The molecule has 0 aliphatic rings. The SMILES string of the molecule is NCCNC(=O)c1cc([N+](=O)[O-])cc2ccc(-c3ccccc3)nc12. The highest BCUT2D eigenvalue weighted by Crippen LogP contribution is 2.27. The third-order valence-corrected chi connectivity index (χ3v) is 3.73. The minimum Gasteiger partial charge on any atom is -0.351 e. The van der Waals surface area contributed by atoms with Crippen LogP contribution in [0.25, 0.3) is 22.2 Å². The van der Waals surface area contributed by atoms with E-state index in [0.717, 1.165) is 5.56 Å². The van der Waals surface area contributed by atoms with Crippen LogP contribution in [0.1, 0.15) is 10.4 Å². The van der Waals surface area contributed by atoms with Crippen molar-refractivity contribution >= 4 is 22.5 Å². The normalized spacial score (nSPS) is 10.6. The van der Waals surface area contributed by atoms with E-state index in [1.165, 1.54) is 12.1 Å². The average molecular weight is 336 g/mol. The van der Waals surface area contributed by atoms with Crippen molar-refractivity contribution in [2.45, 2.75) is 0 Å². The molecule has 0 fully saturated rings. The Kier molecular flexibility index (Phi) is 4.67. The van der Waals surface area contributed by atoms with Crippen LogP contribution in [0.3, 0.4) is 0 Å². The predicted molar refractivity (Wildman–Crippen MR) is 95.2 cm³/mol. The van der Waals surface area contributed by atoms with Crippen molar-refractivity contribution in [3.63, 3.8) is 0 Å². The molecule has 0 bridgehead atoms. The predicted octanol–water partition coefficient (Wildman–Crippen LogP) is 2.50. The highest BCUT2D eigenvalue weighted by Gasteiger charge is 2.18. The first-order valence-electron chi connectivity index (χ1n) is 7.73. The van der Waals surface area contributed by atoms with E-state index in [2.05, 4.69) is 10.3 Å². The van der Waals surface area contributed by atoms with Crippen molar-refractivity contribution in [1.82, 2.24) is 10.3 Å². The van der Waals surface area contributed by atoms with Gasteiger partial charge in [0.05, 0.1) is 21.7 Å². The minimum atomic E-state index is -0.524. The van der Waals surface area contributed by atoms with Crippen molar-refractivity contribution < 1.29 is 9.72 Å². The second-order valence-corrected chi connectivity index (χ2v) is 5.43. The van der Waals surface area contributed by atoms with Crippen molar-refractivity contribution in [1.29, 1.82) is 0 Å². The number of benzene rings is 2. The molecule has 0 atom stereocenters. The molecule has 25 heavy (non-hydrogen) atoms. The van der Waals surface area contributed by atoms with E-state index in [0.29, 0.717) is 16.6 Å². The zero-order chi connectivity index (χ0) is 17.8. The number of rotatable bonds is 5. The summed E-state index contributed by atoms with van der Waals surface area (Å²) in [5, 5.41) is 14.3. The number of nitrogens with zero attached hydrogens (tertiary/aromatic N) is 2. The zero-order valence-electron chi connectivity index (χ0n) is 13.3. The smallest absolute Gasteiger partial charge is 0.270 e.